The Kier molecular flexibility index (Phi) is 3.64. The molecule has 0 saturated heterocycles. The minimum Gasteiger partial charge on any atom is -0.394 e. The van der Waals surface area contributed by atoms with E-state index < -0.39 is 126 Å². The first-order valence-electron chi connectivity index (χ1n) is 18.4. The van der Waals surface area contributed by atoms with Crippen molar-refractivity contribution in [3.8, 4) is 0 Å². The van der Waals surface area contributed by atoms with E-state index in [1.165, 1.54) is 0 Å². The molecule has 4 N–H and O–H groups in total. The number of hydrogen-bond donors (Lipinski definition) is 4. The number of aromatic nitrogens is 5. The summed E-state index contributed by atoms with van der Waals surface area (Å²) in [6.07, 6.45) is -21.0. The number of hydrogen-bond acceptors (Lipinski definition) is 10. The van der Waals surface area contributed by atoms with Gasteiger partial charge in [0.25, 0.3) is 0 Å². The van der Waals surface area contributed by atoms with Gasteiger partial charge in [-0.2, -0.15) is 0 Å². The number of aliphatic hydroxyl groups excluding tert-OH is 1. The predicted octanol–water partition coefficient (Wildman–Crippen LogP) is 2.18. The fourth-order valence-electron chi connectivity index (χ4n) is 3.20. The number of ether oxygens (including phenoxy) is 1. The number of nitrogens with one attached hydrogen (secondary N) is 1. The average Bonchev–Trinajstić information content (AvgIpc) is 3.26. The van der Waals surface area contributed by atoms with E-state index in [-0.39, 0.29) is 22.0 Å². The molecule has 2 aliphatic rings. The van der Waals surface area contributed by atoms with E-state index in [4.69, 9.17) is 26.7 Å². The summed E-state index contributed by atoms with van der Waals surface area (Å²) >= 11 is -0.00266. The molecule has 0 bridgehead atoms. The molecule has 10 nitrogen and oxygen atoms in total. The second kappa shape index (κ2) is 10.5. The Morgan fingerprint density at radius 2 is 2.19 bits per heavy atom. The third-order valence-electron chi connectivity index (χ3n) is 4.97. The number of rotatable bonds is 10. The fourth-order valence-corrected chi connectivity index (χ4v) is 3.66. The number of thioether (sulfide) groups is 1. The lowest BCUT2D eigenvalue weighted by Crippen LogP contribution is -2.33. The molecule has 3 aromatic rings. The van der Waals surface area contributed by atoms with E-state index in [9.17, 15) is 19.7 Å². The summed E-state index contributed by atoms with van der Waals surface area (Å²) in [7, 11) is 0. The van der Waals surface area contributed by atoms with Crippen LogP contribution >= 0.6 is 11.8 Å². The van der Waals surface area contributed by atoms with Crippen LogP contribution in [0.2, 0.25) is 0 Å². The van der Waals surface area contributed by atoms with Gasteiger partial charge in [-0.25, -0.2) is 19.0 Å². The van der Waals surface area contributed by atoms with Crippen molar-refractivity contribution in [3.05, 3.63) is 35.1 Å². The standard InChI is InChI=1S/C24H31FN6O4S/c1-3-8-36-24-27-22(26-16-10-14(16)13-5-4-12(2)15(25)9-13)19-23(28-24)31(30-29-19)17-11-18(35-7-6-32)21(34)20(17)33/h4-5,9,14,16-18,20-21,32-34H,3,6-8,10-11H2,1-2H3,(H,26,27,28)/t14-,16+,17+,18-,20-,21+/m0/s1/i3D2,4D,5D,8D2,9D,10D2,11D2,16D,17D,18D,20D,21D. The smallest absolute Gasteiger partial charge is 0.191 e. The van der Waals surface area contributed by atoms with Gasteiger partial charge in [-0.05, 0) is 36.8 Å². The van der Waals surface area contributed by atoms with Crippen LogP contribution in [0.1, 0.15) is 71.0 Å². The number of halogens is 1. The van der Waals surface area contributed by atoms with E-state index in [0.717, 1.165) is 13.8 Å². The van der Waals surface area contributed by atoms with Crippen molar-refractivity contribution in [1.29, 1.82) is 0 Å². The highest BCUT2D eigenvalue weighted by Crippen LogP contribution is 2.44. The first kappa shape index (κ1) is 12.4. The topological polar surface area (TPSA) is 138 Å². The summed E-state index contributed by atoms with van der Waals surface area (Å²) < 4.78 is 155. The quantitative estimate of drug-likeness (QED) is 0.226. The normalized spacial score (nSPS) is 47.9. The second-order valence-corrected chi connectivity index (χ2v) is 8.17. The van der Waals surface area contributed by atoms with E-state index in [1.54, 1.807) is 0 Å². The zero-order valence-electron chi connectivity index (χ0n) is 34.8. The van der Waals surface area contributed by atoms with Crippen LogP contribution in [0.25, 0.3) is 11.2 Å². The van der Waals surface area contributed by atoms with Gasteiger partial charge >= 0.3 is 0 Å². The molecule has 0 unspecified atom stereocenters. The minimum atomic E-state index is -4.10. The Bertz CT molecular complexity index is 1940. The Morgan fingerprint density at radius 3 is 2.97 bits per heavy atom. The molecule has 2 aromatic heterocycles. The molecule has 194 valence electrons. The molecular formula is C24H31FN6O4S. The first-order chi connectivity index (χ1) is 23.4. The van der Waals surface area contributed by atoms with Crippen molar-refractivity contribution < 1.29 is 46.4 Å². The number of anilines is 1. The molecule has 2 fully saturated rings. The molecule has 12 heteroatoms. The van der Waals surface area contributed by atoms with Gasteiger partial charge in [-0.1, -0.05) is 36.0 Å². The summed E-state index contributed by atoms with van der Waals surface area (Å²) in [5.74, 6) is -3.84. The van der Waals surface area contributed by atoms with Gasteiger partial charge in [0, 0.05) is 35.0 Å². The average molecular weight is 535 g/mol. The molecule has 0 spiro atoms. The Labute approximate surface area is 234 Å². The molecule has 36 heavy (non-hydrogen) atoms. The molecule has 6 atom stereocenters. The van der Waals surface area contributed by atoms with E-state index in [1.807, 2.05) is 0 Å². The van der Waals surface area contributed by atoms with Crippen molar-refractivity contribution in [2.75, 3.05) is 24.2 Å². The molecule has 2 heterocycles. The van der Waals surface area contributed by atoms with Crippen LogP contribution in [-0.4, -0.2) is 83.5 Å². The van der Waals surface area contributed by atoms with E-state index in [0.29, 0.717) is 0 Å². The summed E-state index contributed by atoms with van der Waals surface area (Å²) in [6.45, 7) is 0.199. The van der Waals surface area contributed by atoms with Gasteiger partial charge in [0.05, 0.1) is 36.3 Å². The zero-order chi connectivity index (χ0) is 39.8. The molecule has 0 radical (unpaired) electrons. The van der Waals surface area contributed by atoms with Crippen LogP contribution in [0.3, 0.4) is 0 Å². The number of aliphatic hydroxyl groups is 3. The molecular weight excluding hydrogens is 487 g/mol. The van der Waals surface area contributed by atoms with Gasteiger partial charge in [-0.15, -0.1) is 5.10 Å². The van der Waals surface area contributed by atoms with Gasteiger partial charge < -0.3 is 25.4 Å². The highest BCUT2D eigenvalue weighted by atomic mass is 32.2. The minimum absolute atomic E-state index is 0.00266. The maximum atomic E-state index is 14.9. The van der Waals surface area contributed by atoms with Gasteiger partial charge in [0.15, 0.2) is 22.1 Å². The summed E-state index contributed by atoms with van der Waals surface area (Å²) in [6, 6.07) is -8.88. The van der Waals surface area contributed by atoms with Crippen molar-refractivity contribution in [2.24, 2.45) is 0 Å². The largest absolute Gasteiger partial charge is 0.394 e. The number of nitrogens with zero attached hydrogens (tertiary/aromatic N) is 5. The summed E-state index contributed by atoms with van der Waals surface area (Å²) in [5.41, 5.74) is -5.53. The van der Waals surface area contributed by atoms with E-state index in [2.05, 4.69) is 25.6 Å². The highest BCUT2D eigenvalue weighted by Gasteiger charge is 2.45. The third-order valence-corrected chi connectivity index (χ3v) is 5.65. The van der Waals surface area contributed by atoms with Crippen molar-refractivity contribution in [2.45, 2.75) is 74.3 Å². The molecule has 1 aromatic carbocycles. The van der Waals surface area contributed by atoms with Crippen LogP contribution in [0.5, 0.6) is 0 Å². The highest BCUT2D eigenvalue weighted by molar-refractivity contribution is 7.99. The lowest BCUT2D eigenvalue weighted by molar-refractivity contribution is -0.0629. The van der Waals surface area contributed by atoms with Gasteiger partial charge in [-0.3, -0.25) is 0 Å². The summed E-state index contributed by atoms with van der Waals surface area (Å²) in [5, 5.41) is 40.3. The zero-order valence-corrected chi connectivity index (χ0v) is 19.6. The van der Waals surface area contributed by atoms with Crippen molar-refractivity contribution >= 4 is 28.7 Å². The van der Waals surface area contributed by atoms with Crippen LogP contribution in [0.4, 0.5) is 10.2 Å². The first-order valence-corrected chi connectivity index (χ1v) is 11.3. The Balaban J connectivity index is 1.76. The summed E-state index contributed by atoms with van der Waals surface area (Å²) in [4.78, 5) is 8.02. The Hall–Kier alpha value is -2.38. The van der Waals surface area contributed by atoms with Crippen molar-refractivity contribution in [1.82, 2.24) is 25.0 Å². The molecule has 0 aliphatic heterocycles. The fraction of sp³-hybridized carbons (Fsp3) is 0.583. The number of benzene rings is 1. The molecule has 2 aliphatic carbocycles. The maximum Gasteiger partial charge on any atom is 0.191 e. The van der Waals surface area contributed by atoms with Crippen LogP contribution in [-0.2, 0) is 4.74 Å². The maximum absolute atomic E-state index is 14.9. The molecule has 2 saturated carbocycles. The monoisotopic (exact) mass is 534 g/mol. The Morgan fingerprint density at radius 1 is 1.36 bits per heavy atom. The van der Waals surface area contributed by atoms with Crippen LogP contribution in [0.15, 0.2) is 23.3 Å². The molecule has 5 rings (SSSR count). The van der Waals surface area contributed by atoms with Crippen LogP contribution in [0, 0.1) is 12.7 Å². The SMILES string of the molecule is [2H]c1c([2H])c([C@@H]2C([2H])([2H])[C@@]2([2H])Nc2nc(SC([2H])([2H])C([2H])([2H])C)nc3c2nnn3[C@]2([2H])C([2H])([2H])[C@]([2H])(OCCO)[C@@]([2H])(O)[C@@]2([2H])O)c([2H])c(F)c1C. The lowest BCUT2D eigenvalue weighted by atomic mass is 10.1. The van der Waals surface area contributed by atoms with E-state index >= 15 is 0 Å². The second-order valence-electron chi connectivity index (χ2n) is 7.40. The lowest BCUT2D eigenvalue weighted by Gasteiger charge is -2.17. The predicted molar refractivity (Wildman–Crippen MR) is 133 cm³/mol. The van der Waals surface area contributed by atoms with Crippen LogP contribution < -0.4 is 5.32 Å². The third kappa shape index (κ3) is 4.92. The van der Waals surface area contributed by atoms with Crippen molar-refractivity contribution in [3.63, 3.8) is 0 Å². The van der Waals surface area contributed by atoms with Gasteiger partial charge in [0.2, 0.25) is 0 Å². The number of fused-ring (bicyclic) bond motifs is 1. The van der Waals surface area contributed by atoms with Gasteiger partial charge in [0.1, 0.15) is 18.0 Å². The molecule has 0 amide bonds.